The Morgan fingerprint density at radius 2 is 1.83 bits per heavy atom. The fourth-order valence-electron chi connectivity index (χ4n) is 3.24. The van der Waals surface area contributed by atoms with Crippen molar-refractivity contribution >= 4 is 5.97 Å². The van der Waals surface area contributed by atoms with Gasteiger partial charge in [-0.25, -0.2) is 14.4 Å². The standard InChI is InChI=1S/C18H19FN2O3/c19-15-5-3-14(4-6-15)16(18(23)7-1-2-8-18)17(22)24-11-13-9-20-12-21-10-13/h3-6,9-10,12,16,23H,1-2,7-8,11H2. The highest BCUT2D eigenvalue weighted by molar-refractivity contribution is 5.80. The van der Waals surface area contributed by atoms with Gasteiger partial charge in [-0.15, -0.1) is 0 Å². The highest BCUT2D eigenvalue weighted by Crippen LogP contribution is 2.42. The SMILES string of the molecule is O=C(OCc1cncnc1)C(c1ccc(F)cc1)C1(O)CCCC1. The van der Waals surface area contributed by atoms with Crippen molar-refractivity contribution in [2.24, 2.45) is 0 Å². The van der Waals surface area contributed by atoms with Gasteiger partial charge in [-0.1, -0.05) is 25.0 Å². The smallest absolute Gasteiger partial charge is 0.316 e. The second-order valence-corrected chi connectivity index (χ2v) is 6.15. The van der Waals surface area contributed by atoms with Crippen LogP contribution in [0.2, 0.25) is 0 Å². The summed E-state index contributed by atoms with van der Waals surface area (Å²) in [5.74, 6) is -1.73. The molecule has 5 nitrogen and oxygen atoms in total. The molecule has 0 bridgehead atoms. The van der Waals surface area contributed by atoms with Crippen LogP contribution in [0.5, 0.6) is 0 Å². The molecule has 126 valence electrons. The average molecular weight is 330 g/mol. The molecule has 1 unspecified atom stereocenters. The van der Waals surface area contributed by atoms with Gasteiger partial charge in [0.15, 0.2) is 0 Å². The second kappa shape index (κ2) is 7.05. The molecule has 0 amide bonds. The van der Waals surface area contributed by atoms with Crippen molar-refractivity contribution in [3.63, 3.8) is 0 Å². The van der Waals surface area contributed by atoms with Gasteiger partial charge in [0.05, 0.1) is 5.60 Å². The number of benzene rings is 1. The van der Waals surface area contributed by atoms with Crippen LogP contribution in [0.25, 0.3) is 0 Å². The Morgan fingerprint density at radius 3 is 2.46 bits per heavy atom. The first-order valence-electron chi connectivity index (χ1n) is 7.97. The molecular weight excluding hydrogens is 311 g/mol. The number of carbonyl (C=O) groups excluding carboxylic acids is 1. The van der Waals surface area contributed by atoms with Crippen LogP contribution in [0.15, 0.2) is 43.0 Å². The fraction of sp³-hybridized carbons (Fsp3) is 0.389. The minimum Gasteiger partial charge on any atom is -0.460 e. The van der Waals surface area contributed by atoms with Crippen LogP contribution in [-0.4, -0.2) is 26.6 Å². The van der Waals surface area contributed by atoms with Crippen molar-refractivity contribution in [2.75, 3.05) is 0 Å². The Bertz CT molecular complexity index is 685. The van der Waals surface area contributed by atoms with Crippen LogP contribution in [0.3, 0.4) is 0 Å². The van der Waals surface area contributed by atoms with Gasteiger partial charge in [0.2, 0.25) is 0 Å². The molecule has 6 heteroatoms. The lowest BCUT2D eigenvalue weighted by Crippen LogP contribution is -2.39. The van der Waals surface area contributed by atoms with E-state index in [1.54, 1.807) is 12.4 Å². The molecule has 0 radical (unpaired) electrons. The Labute approximate surface area is 139 Å². The number of rotatable bonds is 5. The van der Waals surface area contributed by atoms with Crippen molar-refractivity contribution in [2.45, 2.75) is 43.8 Å². The van der Waals surface area contributed by atoms with Crippen LogP contribution in [0.1, 0.15) is 42.7 Å². The van der Waals surface area contributed by atoms with Gasteiger partial charge in [0.1, 0.15) is 24.7 Å². The van der Waals surface area contributed by atoms with Crippen LogP contribution < -0.4 is 0 Å². The molecule has 0 aliphatic heterocycles. The molecule has 1 fully saturated rings. The van der Waals surface area contributed by atoms with Crippen molar-refractivity contribution in [3.8, 4) is 0 Å². The van der Waals surface area contributed by atoms with Gasteiger partial charge in [-0.2, -0.15) is 0 Å². The first-order chi connectivity index (χ1) is 11.6. The molecule has 24 heavy (non-hydrogen) atoms. The number of aromatic nitrogens is 2. The van der Waals surface area contributed by atoms with Crippen molar-refractivity contribution in [1.29, 1.82) is 0 Å². The van der Waals surface area contributed by atoms with E-state index in [0.717, 1.165) is 12.8 Å². The van der Waals surface area contributed by atoms with E-state index >= 15 is 0 Å². The lowest BCUT2D eigenvalue weighted by molar-refractivity contribution is -0.154. The Hall–Kier alpha value is -2.34. The largest absolute Gasteiger partial charge is 0.460 e. The summed E-state index contributed by atoms with van der Waals surface area (Å²) in [6.45, 7) is 0.0352. The zero-order valence-corrected chi connectivity index (χ0v) is 13.2. The molecular formula is C18H19FN2O3. The highest BCUT2D eigenvalue weighted by Gasteiger charge is 2.45. The zero-order valence-electron chi connectivity index (χ0n) is 13.2. The predicted molar refractivity (Wildman–Crippen MR) is 84.4 cm³/mol. The molecule has 1 atom stereocenters. The predicted octanol–water partition coefficient (Wildman–Crippen LogP) is 2.75. The highest BCUT2D eigenvalue weighted by atomic mass is 19.1. The molecule has 1 aromatic carbocycles. The van der Waals surface area contributed by atoms with Gasteiger partial charge in [-0.3, -0.25) is 4.79 Å². The summed E-state index contributed by atoms with van der Waals surface area (Å²) in [5.41, 5.74) is 0.0829. The van der Waals surface area contributed by atoms with Crippen molar-refractivity contribution in [3.05, 3.63) is 59.9 Å². The van der Waals surface area contributed by atoms with Crippen LogP contribution >= 0.6 is 0 Å². The van der Waals surface area contributed by atoms with E-state index in [-0.39, 0.29) is 12.4 Å². The van der Waals surface area contributed by atoms with E-state index in [4.69, 9.17) is 4.74 Å². The quantitative estimate of drug-likeness (QED) is 0.854. The van der Waals surface area contributed by atoms with E-state index in [2.05, 4.69) is 9.97 Å². The molecule has 2 aromatic rings. The summed E-state index contributed by atoms with van der Waals surface area (Å²) in [6, 6.07) is 5.64. The van der Waals surface area contributed by atoms with Crippen LogP contribution in [0, 0.1) is 5.82 Å². The van der Waals surface area contributed by atoms with E-state index < -0.39 is 17.5 Å². The third-order valence-electron chi connectivity index (χ3n) is 4.44. The summed E-state index contributed by atoms with van der Waals surface area (Å²) in [5, 5.41) is 10.9. The summed E-state index contributed by atoms with van der Waals surface area (Å²) in [4.78, 5) is 20.4. The van der Waals surface area contributed by atoms with E-state index in [1.165, 1.54) is 30.6 Å². The van der Waals surface area contributed by atoms with E-state index in [9.17, 15) is 14.3 Å². The average Bonchev–Trinajstić information content (AvgIpc) is 3.03. The lowest BCUT2D eigenvalue weighted by atomic mass is 9.80. The number of esters is 1. The topological polar surface area (TPSA) is 72.3 Å². The Kier molecular flexibility index (Phi) is 4.85. The number of hydrogen-bond donors (Lipinski definition) is 1. The maximum absolute atomic E-state index is 13.2. The second-order valence-electron chi connectivity index (χ2n) is 6.15. The molecule has 1 aromatic heterocycles. The third kappa shape index (κ3) is 3.59. The van der Waals surface area contributed by atoms with Gasteiger partial charge in [-0.05, 0) is 30.5 Å². The summed E-state index contributed by atoms with van der Waals surface area (Å²) in [6.07, 6.45) is 7.29. The number of halogens is 1. The molecule has 3 rings (SSSR count). The fourth-order valence-corrected chi connectivity index (χ4v) is 3.24. The summed E-state index contributed by atoms with van der Waals surface area (Å²) >= 11 is 0. The van der Waals surface area contributed by atoms with Gasteiger partial charge < -0.3 is 9.84 Å². The molecule has 1 heterocycles. The van der Waals surface area contributed by atoms with E-state index in [1.807, 2.05) is 0 Å². The maximum atomic E-state index is 13.2. The minimum absolute atomic E-state index is 0.0352. The molecule has 0 spiro atoms. The Morgan fingerprint density at radius 1 is 1.21 bits per heavy atom. The van der Waals surface area contributed by atoms with Crippen LogP contribution in [-0.2, 0) is 16.1 Å². The minimum atomic E-state index is -1.15. The number of carbonyl (C=O) groups is 1. The molecule has 1 saturated carbocycles. The monoisotopic (exact) mass is 330 g/mol. The molecule has 1 N–H and O–H groups in total. The number of nitrogens with zero attached hydrogens (tertiary/aromatic N) is 2. The summed E-state index contributed by atoms with van der Waals surface area (Å²) in [7, 11) is 0. The van der Waals surface area contributed by atoms with Gasteiger partial charge >= 0.3 is 5.97 Å². The lowest BCUT2D eigenvalue weighted by Gasteiger charge is -2.31. The maximum Gasteiger partial charge on any atom is 0.316 e. The first-order valence-corrected chi connectivity index (χ1v) is 7.97. The van der Waals surface area contributed by atoms with Crippen molar-refractivity contribution < 1.29 is 19.0 Å². The van der Waals surface area contributed by atoms with E-state index in [0.29, 0.717) is 24.0 Å². The molecule has 1 aliphatic carbocycles. The zero-order chi connectivity index (χ0) is 17.0. The van der Waals surface area contributed by atoms with Gasteiger partial charge in [0, 0.05) is 18.0 Å². The number of aliphatic hydroxyl groups is 1. The van der Waals surface area contributed by atoms with Gasteiger partial charge in [0.25, 0.3) is 0 Å². The van der Waals surface area contributed by atoms with Crippen LogP contribution in [0.4, 0.5) is 4.39 Å². The number of ether oxygens (including phenoxy) is 1. The Balaban J connectivity index is 1.81. The first kappa shape index (κ1) is 16.5. The molecule has 0 saturated heterocycles. The summed E-state index contributed by atoms with van der Waals surface area (Å²) < 4.78 is 18.6. The number of hydrogen-bond acceptors (Lipinski definition) is 5. The van der Waals surface area contributed by atoms with Crippen molar-refractivity contribution in [1.82, 2.24) is 9.97 Å². The third-order valence-corrected chi connectivity index (χ3v) is 4.44. The normalized spacial score (nSPS) is 17.4. The molecule has 1 aliphatic rings.